The number of hydrogen-bond acceptors (Lipinski definition) is 4. The molecule has 23 heavy (non-hydrogen) atoms. The van der Waals surface area contributed by atoms with E-state index in [1.54, 1.807) is 18.2 Å². The number of carbonyl (C=O) groups excluding carboxylic acids is 1. The highest BCUT2D eigenvalue weighted by atomic mass is 16.5. The Kier molecular flexibility index (Phi) is 3.08. The average molecular weight is 303 g/mol. The highest BCUT2D eigenvalue weighted by Crippen LogP contribution is 2.28. The lowest BCUT2D eigenvalue weighted by Crippen LogP contribution is -1.99. The summed E-state index contributed by atoms with van der Waals surface area (Å²) >= 11 is 0. The van der Waals surface area contributed by atoms with Crippen LogP contribution < -0.4 is 0 Å². The lowest BCUT2D eigenvalue weighted by molar-refractivity contribution is 0.0601. The van der Waals surface area contributed by atoms with E-state index in [2.05, 4.69) is 4.98 Å². The topological polar surface area (TPSA) is 52.3 Å². The molecule has 0 aliphatic carbocycles. The molecule has 0 radical (unpaired) electrons. The first kappa shape index (κ1) is 13.5. The molecule has 4 rings (SSSR count). The van der Waals surface area contributed by atoms with Crippen molar-refractivity contribution in [3.8, 4) is 11.5 Å². The lowest BCUT2D eigenvalue weighted by Gasteiger charge is -1.99. The number of carbonyl (C=O) groups is 1. The number of hydrogen-bond donors (Lipinski definition) is 0. The highest BCUT2D eigenvalue weighted by Gasteiger charge is 2.11. The number of methoxy groups -OCH3 is 1. The van der Waals surface area contributed by atoms with Crippen LogP contribution in [0.5, 0.6) is 0 Å². The van der Waals surface area contributed by atoms with Crippen molar-refractivity contribution in [1.29, 1.82) is 0 Å². The first-order chi connectivity index (χ1) is 11.2. The van der Waals surface area contributed by atoms with Crippen LogP contribution in [0.15, 0.2) is 65.1 Å². The minimum absolute atomic E-state index is 0.363. The number of ether oxygens (including phenoxy) is 1. The number of pyridine rings is 1. The van der Waals surface area contributed by atoms with Gasteiger partial charge in [0.2, 0.25) is 0 Å². The predicted octanol–water partition coefficient (Wildman–Crippen LogP) is 4.43. The SMILES string of the molecule is COC(=O)c1ccc2oc(-c3ccc4ccccc4n3)cc2c1. The van der Waals surface area contributed by atoms with E-state index in [9.17, 15) is 4.79 Å². The summed E-state index contributed by atoms with van der Waals surface area (Å²) in [6, 6.07) is 19.0. The highest BCUT2D eigenvalue weighted by molar-refractivity contribution is 5.95. The standard InChI is InChI=1S/C19H13NO3/c1-22-19(21)13-7-9-17-14(10-13)11-18(23-17)16-8-6-12-4-2-3-5-15(12)20-16/h2-11H,1H3. The second-order valence-corrected chi connectivity index (χ2v) is 5.24. The van der Waals surface area contributed by atoms with Gasteiger partial charge in [-0.05, 0) is 36.4 Å². The molecular weight excluding hydrogens is 290 g/mol. The second-order valence-electron chi connectivity index (χ2n) is 5.24. The van der Waals surface area contributed by atoms with E-state index in [1.807, 2.05) is 42.5 Å². The van der Waals surface area contributed by atoms with Gasteiger partial charge in [0, 0.05) is 10.8 Å². The van der Waals surface area contributed by atoms with Crippen molar-refractivity contribution in [2.24, 2.45) is 0 Å². The van der Waals surface area contributed by atoms with Crippen LogP contribution >= 0.6 is 0 Å². The molecule has 0 bridgehead atoms. The average Bonchev–Trinajstić information content (AvgIpc) is 3.03. The van der Waals surface area contributed by atoms with E-state index >= 15 is 0 Å². The quantitative estimate of drug-likeness (QED) is 0.514. The van der Waals surface area contributed by atoms with Gasteiger partial charge >= 0.3 is 5.97 Å². The van der Waals surface area contributed by atoms with Gasteiger partial charge in [0.05, 0.1) is 18.2 Å². The Hall–Kier alpha value is -3.14. The van der Waals surface area contributed by atoms with E-state index in [0.717, 1.165) is 22.0 Å². The molecule has 0 atom stereocenters. The summed E-state index contributed by atoms with van der Waals surface area (Å²) in [5.74, 6) is 0.311. The Morgan fingerprint density at radius 2 is 1.87 bits per heavy atom. The van der Waals surface area contributed by atoms with Gasteiger partial charge in [-0.2, -0.15) is 0 Å². The third-order valence-electron chi connectivity index (χ3n) is 3.79. The van der Waals surface area contributed by atoms with E-state index < -0.39 is 0 Å². The van der Waals surface area contributed by atoms with Gasteiger partial charge in [0.1, 0.15) is 11.3 Å². The first-order valence-corrected chi connectivity index (χ1v) is 7.23. The number of esters is 1. The largest absolute Gasteiger partial charge is 0.465 e. The summed E-state index contributed by atoms with van der Waals surface area (Å²) in [5, 5.41) is 1.93. The van der Waals surface area contributed by atoms with Crippen LogP contribution in [0.4, 0.5) is 0 Å². The molecule has 4 heteroatoms. The number of benzene rings is 2. The smallest absolute Gasteiger partial charge is 0.337 e. The fourth-order valence-corrected chi connectivity index (χ4v) is 2.62. The molecule has 0 unspecified atom stereocenters. The summed E-state index contributed by atoms with van der Waals surface area (Å²) in [5.41, 5.74) is 2.89. The first-order valence-electron chi connectivity index (χ1n) is 7.23. The molecule has 2 aromatic heterocycles. The summed E-state index contributed by atoms with van der Waals surface area (Å²) in [6.07, 6.45) is 0. The minimum Gasteiger partial charge on any atom is -0.465 e. The summed E-state index contributed by atoms with van der Waals surface area (Å²) in [7, 11) is 1.37. The molecule has 0 aliphatic rings. The lowest BCUT2D eigenvalue weighted by atomic mass is 10.1. The normalized spacial score (nSPS) is 11.0. The van der Waals surface area contributed by atoms with E-state index in [1.165, 1.54) is 7.11 Å². The molecule has 2 heterocycles. The Labute approximate surface area is 132 Å². The fourth-order valence-electron chi connectivity index (χ4n) is 2.62. The van der Waals surface area contributed by atoms with Crippen LogP contribution in [0, 0.1) is 0 Å². The van der Waals surface area contributed by atoms with Crippen LogP contribution in [0.3, 0.4) is 0 Å². The Balaban J connectivity index is 1.82. The van der Waals surface area contributed by atoms with Crippen molar-refractivity contribution in [3.63, 3.8) is 0 Å². The summed E-state index contributed by atoms with van der Waals surface area (Å²) < 4.78 is 10.6. The van der Waals surface area contributed by atoms with Gasteiger partial charge in [0.25, 0.3) is 0 Å². The van der Waals surface area contributed by atoms with Crippen LogP contribution in [-0.2, 0) is 4.74 Å². The van der Waals surface area contributed by atoms with Crippen molar-refractivity contribution in [3.05, 3.63) is 66.2 Å². The van der Waals surface area contributed by atoms with Crippen molar-refractivity contribution >= 4 is 27.8 Å². The molecule has 0 saturated heterocycles. The van der Waals surface area contributed by atoms with E-state index in [0.29, 0.717) is 16.9 Å². The van der Waals surface area contributed by atoms with Crippen molar-refractivity contribution in [2.75, 3.05) is 7.11 Å². The van der Waals surface area contributed by atoms with Gasteiger partial charge in [-0.3, -0.25) is 0 Å². The zero-order valence-electron chi connectivity index (χ0n) is 12.4. The number of para-hydroxylation sites is 1. The maximum absolute atomic E-state index is 11.6. The molecule has 0 N–H and O–H groups in total. The second kappa shape index (κ2) is 5.25. The molecular formula is C19H13NO3. The van der Waals surface area contributed by atoms with Crippen LogP contribution in [-0.4, -0.2) is 18.1 Å². The van der Waals surface area contributed by atoms with Crippen LogP contribution in [0.25, 0.3) is 33.3 Å². The molecule has 112 valence electrons. The zero-order valence-corrected chi connectivity index (χ0v) is 12.4. The van der Waals surface area contributed by atoms with E-state index in [4.69, 9.17) is 9.15 Å². The maximum Gasteiger partial charge on any atom is 0.337 e. The molecule has 0 amide bonds. The molecule has 0 saturated carbocycles. The van der Waals surface area contributed by atoms with Gasteiger partial charge in [-0.15, -0.1) is 0 Å². The van der Waals surface area contributed by atoms with Crippen LogP contribution in [0.2, 0.25) is 0 Å². The number of furan rings is 1. The van der Waals surface area contributed by atoms with Gasteiger partial charge in [-0.1, -0.05) is 24.3 Å². The Morgan fingerprint density at radius 1 is 1.00 bits per heavy atom. The molecule has 0 aliphatic heterocycles. The zero-order chi connectivity index (χ0) is 15.8. The molecule has 2 aromatic carbocycles. The van der Waals surface area contributed by atoms with Gasteiger partial charge < -0.3 is 9.15 Å². The summed E-state index contributed by atoms with van der Waals surface area (Å²) in [6.45, 7) is 0. The molecule has 4 aromatic rings. The van der Waals surface area contributed by atoms with Gasteiger partial charge in [-0.25, -0.2) is 9.78 Å². The number of aromatic nitrogens is 1. The van der Waals surface area contributed by atoms with E-state index in [-0.39, 0.29) is 5.97 Å². The monoisotopic (exact) mass is 303 g/mol. The minimum atomic E-state index is -0.363. The molecule has 4 nitrogen and oxygen atoms in total. The Bertz CT molecular complexity index is 1030. The van der Waals surface area contributed by atoms with Gasteiger partial charge in [0.15, 0.2) is 5.76 Å². The van der Waals surface area contributed by atoms with Crippen molar-refractivity contribution in [2.45, 2.75) is 0 Å². The van der Waals surface area contributed by atoms with Crippen molar-refractivity contribution in [1.82, 2.24) is 4.98 Å². The number of nitrogens with zero attached hydrogens (tertiary/aromatic N) is 1. The predicted molar refractivity (Wildman–Crippen MR) is 88.3 cm³/mol. The summed E-state index contributed by atoms with van der Waals surface area (Å²) in [4.78, 5) is 16.2. The van der Waals surface area contributed by atoms with Crippen LogP contribution in [0.1, 0.15) is 10.4 Å². The maximum atomic E-state index is 11.6. The van der Waals surface area contributed by atoms with Crippen molar-refractivity contribution < 1.29 is 13.9 Å². The fraction of sp³-hybridized carbons (Fsp3) is 0.0526. The third kappa shape index (κ3) is 2.34. The molecule has 0 spiro atoms. The number of fused-ring (bicyclic) bond motifs is 2. The Morgan fingerprint density at radius 3 is 2.74 bits per heavy atom. The third-order valence-corrected chi connectivity index (χ3v) is 3.79. The number of rotatable bonds is 2. The molecule has 0 fully saturated rings.